The molecule has 6 heteroatoms. The van der Waals surface area contributed by atoms with E-state index >= 15 is 0 Å². The van der Waals surface area contributed by atoms with E-state index in [4.69, 9.17) is 4.52 Å². The van der Waals surface area contributed by atoms with Crippen LogP contribution >= 0.6 is 0 Å². The van der Waals surface area contributed by atoms with Crippen molar-refractivity contribution in [3.8, 4) is 0 Å². The maximum atomic E-state index is 12.4. The van der Waals surface area contributed by atoms with Crippen molar-refractivity contribution in [1.82, 2.24) is 15.0 Å². The Morgan fingerprint density at radius 3 is 2.95 bits per heavy atom. The van der Waals surface area contributed by atoms with Gasteiger partial charge >= 0.3 is 6.03 Å². The zero-order chi connectivity index (χ0) is 15.4. The smallest absolute Gasteiger partial charge is 0.321 e. The number of piperidine rings is 1. The summed E-state index contributed by atoms with van der Waals surface area (Å²) in [4.78, 5) is 18.6. The van der Waals surface area contributed by atoms with Crippen molar-refractivity contribution >= 4 is 11.7 Å². The highest BCUT2D eigenvalue weighted by molar-refractivity contribution is 5.89. The Kier molecular flexibility index (Phi) is 4.37. The first kappa shape index (κ1) is 14.6. The van der Waals surface area contributed by atoms with Gasteiger partial charge in [-0.15, -0.1) is 0 Å². The normalized spacial score (nSPS) is 18.2. The Hall–Kier alpha value is -2.37. The van der Waals surface area contributed by atoms with Crippen LogP contribution in [0.4, 0.5) is 10.5 Å². The highest BCUT2D eigenvalue weighted by atomic mass is 16.5. The first-order valence-electron chi connectivity index (χ1n) is 7.69. The lowest BCUT2D eigenvalue weighted by Crippen LogP contribution is -2.41. The molecule has 3 rings (SSSR count). The van der Waals surface area contributed by atoms with Crippen LogP contribution in [0.25, 0.3) is 0 Å². The molecule has 6 nitrogen and oxygen atoms in total. The van der Waals surface area contributed by atoms with Gasteiger partial charge in [-0.25, -0.2) is 4.79 Å². The standard InChI is InChI=1S/C16H20N4O2/c1-2-14-18-15(19-22-14)12-7-6-10-20(11-12)16(21)17-13-8-4-3-5-9-13/h3-5,8-9,12H,2,6-7,10-11H2,1H3,(H,17,21)/t12-/m0/s1. The molecule has 2 aromatic rings. The minimum absolute atomic E-state index is 0.0740. The summed E-state index contributed by atoms with van der Waals surface area (Å²) in [5, 5.41) is 6.97. The number of nitrogens with one attached hydrogen (secondary N) is 1. The molecule has 0 bridgehead atoms. The maximum Gasteiger partial charge on any atom is 0.321 e. The molecule has 1 fully saturated rings. The number of benzene rings is 1. The molecule has 116 valence electrons. The monoisotopic (exact) mass is 300 g/mol. The second-order valence-electron chi connectivity index (χ2n) is 5.48. The number of rotatable bonds is 3. The molecule has 1 aliphatic heterocycles. The number of hydrogen-bond donors (Lipinski definition) is 1. The fourth-order valence-electron chi connectivity index (χ4n) is 2.67. The van der Waals surface area contributed by atoms with E-state index < -0.39 is 0 Å². The third kappa shape index (κ3) is 3.27. The molecule has 2 amide bonds. The highest BCUT2D eigenvalue weighted by Crippen LogP contribution is 2.25. The number of aromatic nitrogens is 2. The average molecular weight is 300 g/mol. The quantitative estimate of drug-likeness (QED) is 0.945. The third-order valence-electron chi connectivity index (χ3n) is 3.89. The minimum Gasteiger partial charge on any atom is -0.339 e. The largest absolute Gasteiger partial charge is 0.339 e. The molecule has 0 spiro atoms. The summed E-state index contributed by atoms with van der Waals surface area (Å²) < 4.78 is 5.18. The lowest BCUT2D eigenvalue weighted by atomic mass is 9.97. The zero-order valence-electron chi connectivity index (χ0n) is 12.7. The lowest BCUT2D eigenvalue weighted by molar-refractivity contribution is 0.190. The van der Waals surface area contributed by atoms with Crippen molar-refractivity contribution in [2.45, 2.75) is 32.1 Å². The Labute approximate surface area is 129 Å². The van der Waals surface area contributed by atoms with Gasteiger partial charge < -0.3 is 14.7 Å². The van der Waals surface area contributed by atoms with Gasteiger partial charge in [0.2, 0.25) is 5.89 Å². The SMILES string of the molecule is CCc1nc([C@H]2CCCN(C(=O)Nc3ccccc3)C2)no1. The van der Waals surface area contributed by atoms with Crippen molar-refractivity contribution in [2.24, 2.45) is 0 Å². The van der Waals surface area contributed by atoms with Gasteiger partial charge in [0.1, 0.15) is 0 Å². The summed E-state index contributed by atoms with van der Waals surface area (Å²) in [6.45, 7) is 3.37. The lowest BCUT2D eigenvalue weighted by Gasteiger charge is -2.31. The number of hydrogen-bond acceptors (Lipinski definition) is 4. The molecular weight excluding hydrogens is 280 g/mol. The first-order chi connectivity index (χ1) is 10.8. The second kappa shape index (κ2) is 6.60. The van der Waals surface area contributed by atoms with Crippen molar-refractivity contribution in [2.75, 3.05) is 18.4 Å². The number of para-hydroxylation sites is 1. The number of aryl methyl sites for hydroxylation is 1. The van der Waals surface area contributed by atoms with Crippen LogP contribution < -0.4 is 5.32 Å². The van der Waals surface area contributed by atoms with Crippen LogP contribution in [0.5, 0.6) is 0 Å². The molecule has 1 N–H and O–H groups in total. The van der Waals surface area contributed by atoms with E-state index in [9.17, 15) is 4.79 Å². The zero-order valence-corrected chi connectivity index (χ0v) is 12.7. The van der Waals surface area contributed by atoms with E-state index in [1.807, 2.05) is 42.2 Å². The van der Waals surface area contributed by atoms with Gasteiger partial charge in [0, 0.05) is 31.1 Å². The number of carbonyl (C=O) groups excluding carboxylic acids is 1. The highest BCUT2D eigenvalue weighted by Gasteiger charge is 2.27. The molecular formula is C16H20N4O2. The van der Waals surface area contributed by atoms with Crippen molar-refractivity contribution < 1.29 is 9.32 Å². The minimum atomic E-state index is -0.0740. The second-order valence-corrected chi connectivity index (χ2v) is 5.48. The van der Waals surface area contributed by atoms with Crippen LogP contribution in [0.2, 0.25) is 0 Å². The molecule has 1 aromatic carbocycles. The molecule has 1 atom stereocenters. The molecule has 0 unspecified atom stereocenters. The Balaban J connectivity index is 1.63. The van der Waals surface area contributed by atoms with Crippen molar-refractivity contribution in [3.05, 3.63) is 42.0 Å². The van der Waals surface area contributed by atoms with Gasteiger partial charge in [-0.3, -0.25) is 0 Å². The van der Waals surface area contributed by atoms with Crippen LogP contribution in [0.3, 0.4) is 0 Å². The number of urea groups is 1. The molecule has 0 saturated carbocycles. The Bertz CT molecular complexity index is 626. The summed E-state index contributed by atoms with van der Waals surface area (Å²) in [5.41, 5.74) is 0.808. The molecule has 22 heavy (non-hydrogen) atoms. The summed E-state index contributed by atoms with van der Waals surface area (Å²) in [6, 6.07) is 9.42. The molecule has 1 aromatic heterocycles. The van der Waals surface area contributed by atoms with E-state index in [0.29, 0.717) is 18.3 Å². The fourth-order valence-corrected chi connectivity index (χ4v) is 2.67. The van der Waals surface area contributed by atoms with E-state index in [-0.39, 0.29) is 11.9 Å². The van der Waals surface area contributed by atoms with Crippen LogP contribution in [0.1, 0.15) is 37.4 Å². The van der Waals surface area contributed by atoms with E-state index in [0.717, 1.165) is 31.5 Å². The Morgan fingerprint density at radius 2 is 2.23 bits per heavy atom. The summed E-state index contributed by atoms with van der Waals surface area (Å²) >= 11 is 0. The first-order valence-corrected chi connectivity index (χ1v) is 7.69. The van der Waals surface area contributed by atoms with Crippen LogP contribution in [0, 0.1) is 0 Å². The number of likely N-dealkylation sites (tertiary alicyclic amines) is 1. The molecule has 1 aliphatic rings. The maximum absolute atomic E-state index is 12.4. The van der Waals surface area contributed by atoms with E-state index in [2.05, 4.69) is 15.5 Å². The predicted octanol–water partition coefficient (Wildman–Crippen LogP) is 3.04. The molecule has 0 radical (unpaired) electrons. The van der Waals surface area contributed by atoms with Gasteiger partial charge in [-0.05, 0) is 25.0 Å². The van der Waals surface area contributed by atoms with Gasteiger partial charge in [-0.2, -0.15) is 4.98 Å². The summed E-state index contributed by atoms with van der Waals surface area (Å²) in [5.74, 6) is 1.52. The van der Waals surface area contributed by atoms with E-state index in [1.165, 1.54) is 0 Å². The van der Waals surface area contributed by atoms with Gasteiger partial charge in [-0.1, -0.05) is 30.3 Å². The Morgan fingerprint density at radius 1 is 1.41 bits per heavy atom. The van der Waals surface area contributed by atoms with Crippen molar-refractivity contribution in [3.63, 3.8) is 0 Å². The summed E-state index contributed by atoms with van der Waals surface area (Å²) in [6.07, 6.45) is 2.67. The third-order valence-corrected chi connectivity index (χ3v) is 3.89. The molecule has 0 aliphatic carbocycles. The van der Waals surface area contributed by atoms with Gasteiger partial charge in [0.05, 0.1) is 0 Å². The fraction of sp³-hybridized carbons (Fsp3) is 0.438. The number of nitrogens with zero attached hydrogens (tertiary/aromatic N) is 3. The number of anilines is 1. The summed E-state index contributed by atoms with van der Waals surface area (Å²) in [7, 11) is 0. The number of amides is 2. The van der Waals surface area contributed by atoms with Crippen LogP contribution in [0.15, 0.2) is 34.9 Å². The number of carbonyl (C=O) groups is 1. The average Bonchev–Trinajstić information content (AvgIpc) is 3.05. The topological polar surface area (TPSA) is 71.3 Å². The van der Waals surface area contributed by atoms with Gasteiger partial charge in [0.15, 0.2) is 5.82 Å². The predicted molar refractivity (Wildman–Crippen MR) is 82.7 cm³/mol. The molecule has 1 saturated heterocycles. The van der Waals surface area contributed by atoms with Gasteiger partial charge in [0.25, 0.3) is 0 Å². The molecule has 2 heterocycles. The van der Waals surface area contributed by atoms with Crippen LogP contribution in [-0.2, 0) is 6.42 Å². The van der Waals surface area contributed by atoms with Crippen molar-refractivity contribution in [1.29, 1.82) is 0 Å². The van der Waals surface area contributed by atoms with Crippen LogP contribution in [-0.4, -0.2) is 34.2 Å². The van der Waals surface area contributed by atoms with E-state index in [1.54, 1.807) is 0 Å².